The van der Waals surface area contributed by atoms with Crippen molar-refractivity contribution in [1.82, 2.24) is 0 Å². The van der Waals surface area contributed by atoms with Gasteiger partial charge in [0.15, 0.2) is 6.10 Å². The smallest absolute Gasteiger partial charge is 0.306 e. The van der Waals surface area contributed by atoms with E-state index < -0.39 is 6.10 Å². The maximum absolute atomic E-state index is 12.8. The van der Waals surface area contributed by atoms with E-state index in [2.05, 4.69) is 34.6 Å². The van der Waals surface area contributed by atoms with E-state index in [1.54, 1.807) is 0 Å². The van der Waals surface area contributed by atoms with Crippen molar-refractivity contribution in [2.75, 3.05) is 13.2 Å². The lowest BCUT2D eigenvalue weighted by Crippen LogP contribution is -2.30. The molecule has 0 radical (unpaired) electrons. The molecule has 0 fully saturated rings. The number of ether oxygens (including phenoxy) is 3. The van der Waals surface area contributed by atoms with Gasteiger partial charge in [0.25, 0.3) is 0 Å². The molecule has 1 unspecified atom stereocenters. The Morgan fingerprint density at radius 2 is 0.644 bits per heavy atom. The van der Waals surface area contributed by atoms with Gasteiger partial charge in [-0.3, -0.25) is 14.4 Å². The molecule has 0 saturated heterocycles. The van der Waals surface area contributed by atoms with Gasteiger partial charge in [-0.15, -0.1) is 0 Å². The normalized spacial score (nSPS) is 12.5. The molecular weight excluding hydrogens is 733 g/mol. The zero-order chi connectivity index (χ0) is 43.3. The Hall–Kier alpha value is -1.59. The summed E-state index contributed by atoms with van der Waals surface area (Å²) in [6.07, 6.45) is 46.5. The summed E-state index contributed by atoms with van der Waals surface area (Å²) in [5.74, 6) is 0.843. The Balaban J connectivity index is 4.31. The monoisotopic (exact) mass is 835 g/mol. The SMILES string of the molecule is CCCCCCCCCCCCCCC(=O)OC[C@H](COC(=O)CCCCCCCCCCC(C)CC)OC(=O)CCCCCCCCCCCCCCCCC(C)C. The van der Waals surface area contributed by atoms with Crippen LogP contribution in [0, 0.1) is 11.8 Å². The van der Waals surface area contributed by atoms with Crippen LogP contribution in [0.25, 0.3) is 0 Å². The van der Waals surface area contributed by atoms with Gasteiger partial charge in [0.1, 0.15) is 13.2 Å². The average Bonchev–Trinajstić information content (AvgIpc) is 3.22. The Morgan fingerprint density at radius 3 is 0.966 bits per heavy atom. The lowest BCUT2D eigenvalue weighted by molar-refractivity contribution is -0.167. The van der Waals surface area contributed by atoms with E-state index in [0.717, 1.165) is 69.6 Å². The summed E-state index contributed by atoms with van der Waals surface area (Å²) >= 11 is 0. The summed E-state index contributed by atoms with van der Waals surface area (Å²) in [5.41, 5.74) is 0. The summed E-state index contributed by atoms with van der Waals surface area (Å²) in [4.78, 5) is 37.9. The lowest BCUT2D eigenvalue weighted by Gasteiger charge is -2.18. The standard InChI is InChI=1S/C53H102O6/c1-6-8-9-10-11-12-13-19-22-28-33-38-43-51(54)57-46-50(47-58-52(55)44-39-34-29-25-24-27-32-37-42-49(5)7-2)59-53(56)45-40-35-30-23-20-17-15-14-16-18-21-26-31-36-41-48(3)4/h48-50H,6-47H2,1-5H3/t49?,50-/m1/s1. The number of hydrogen-bond donors (Lipinski definition) is 0. The maximum Gasteiger partial charge on any atom is 0.306 e. The van der Waals surface area contributed by atoms with Gasteiger partial charge in [0.05, 0.1) is 0 Å². The van der Waals surface area contributed by atoms with Crippen molar-refractivity contribution in [2.24, 2.45) is 11.8 Å². The minimum Gasteiger partial charge on any atom is -0.462 e. The Bertz CT molecular complexity index is 902. The Labute approximate surface area is 368 Å². The number of esters is 3. The number of rotatable bonds is 47. The highest BCUT2D eigenvalue weighted by atomic mass is 16.6. The lowest BCUT2D eigenvalue weighted by atomic mass is 9.99. The second kappa shape index (κ2) is 45.9. The molecule has 6 nitrogen and oxygen atoms in total. The van der Waals surface area contributed by atoms with Crippen LogP contribution in [-0.4, -0.2) is 37.2 Å². The van der Waals surface area contributed by atoms with Gasteiger partial charge in [-0.25, -0.2) is 0 Å². The molecule has 0 amide bonds. The minimum atomic E-state index is -0.762. The minimum absolute atomic E-state index is 0.0637. The quantitative estimate of drug-likeness (QED) is 0.0345. The molecule has 0 aromatic heterocycles. The van der Waals surface area contributed by atoms with Gasteiger partial charge >= 0.3 is 17.9 Å². The predicted octanol–water partition coefficient (Wildman–Crippen LogP) is 16.9. The van der Waals surface area contributed by atoms with Crippen LogP contribution in [0.3, 0.4) is 0 Å². The second-order valence-corrected chi connectivity index (χ2v) is 18.9. The molecule has 0 heterocycles. The molecule has 0 aromatic carbocycles. The first-order chi connectivity index (χ1) is 28.8. The Morgan fingerprint density at radius 1 is 0.356 bits per heavy atom. The van der Waals surface area contributed by atoms with Crippen molar-refractivity contribution < 1.29 is 28.6 Å². The van der Waals surface area contributed by atoms with Gasteiger partial charge in [0, 0.05) is 19.3 Å². The third-order valence-corrected chi connectivity index (χ3v) is 12.3. The highest BCUT2D eigenvalue weighted by Crippen LogP contribution is 2.18. The maximum atomic E-state index is 12.8. The first kappa shape index (κ1) is 57.4. The number of carbonyl (C=O) groups excluding carboxylic acids is 3. The van der Waals surface area contributed by atoms with Crippen molar-refractivity contribution >= 4 is 17.9 Å². The third-order valence-electron chi connectivity index (χ3n) is 12.3. The molecule has 0 rings (SSSR count). The number of carbonyl (C=O) groups is 3. The van der Waals surface area contributed by atoms with Gasteiger partial charge in [-0.2, -0.15) is 0 Å². The fraction of sp³-hybridized carbons (Fsp3) is 0.943. The highest BCUT2D eigenvalue weighted by Gasteiger charge is 2.19. The van der Waals surface area contributed by atoms with Crippen molar-refractivity contribution in [3.8, 4) is 0 Å². The van der Waals surface area contributed by atoms with E-state index in [4.69, 9.17) is 14.2 Å². The van der Waals surface area contributed by atoms with Crippen LogP contribution in [0.1, 0.15) is 291 Å². The number of hydrogen-bond acceptors (Lipinski definition) is 6. The largest absolute Gasteiger partial charge is 0.462 e. The Kier molecular flexibility index (Phi) is 44.7. The molecule has 0 bridgehead atoms. The summed E-state index contributed by atoms with van der Waals surface area (Å²) < 4.78 is 16.8. The van der Waals surface area contributed by atoms with Crippen LogP contribution in [0.4, 0.5) is 0 Å². The van der Waals surface area contributed by atoms with Gasteiger partial charge in [-0.05, 0) is 31.1 Å². The van der Waals surface area contributed by atoms with Crippen LogP contribution >= 0.6 is 0 Å². The molecule has 0 spiro atoms. The first-order valence-corrected chi connectivity index (χ1v) is 26.3. The van der Waals surface area contributed by atoms with Gasteiger partial charge in [0.2, 0.25) is 0 Å². The molecule has 2 atom stereocenters. The van der Waals surface area contributed by atoms with E-state index in [-0.39, 0.29) is 31.1 Å². The van der Waals surface area contributed by atoms with E-state index in [9.17, 15) is 14.4 Å². The molecule has 59 heavy (non-hydrogen) atoms. The summed E-state index contributed by atoms with van der Waals surface area (Å²) in [5, 5.41) is 0. The van der Waals surface area contributed by atoms with Crippen LogP contribution in [0.2, 0.25) is 0 Å². The summed E-state index contributed by atoms with van der Waals surface area (Å²) in [7, 11) is 0. The molecule has 6 heteroatoms. The van der Waals surface area contributed by atoms with Gasteiger partial charge < -0.3 is 14.2 Å². The van der Waals surface area contributed by atoms with E-state index >= 15 is 0 Å². The second-order valence-electron chi connectivity index (χ2n) is 18.9. The fourth-order valence-electron chi connectivity index (χ4n) is 7.96. The van der Waals surface area contributed by atoms with Crippen LogP contribution in [0.15, 0.2) is 0 Å². The van der Waals surface area contributed by atoms with Crippen LogP contribution < -0.4 is 0 Å². The van der Waals surface area contributed by atoms with Gasteiger partial charge in [-0.1, -0.05) is 253 Å². The van der Waals surface area contributed by atoms with Crippen LogP contribution in [-0.2, 0) is 28.6 Å². The number of unbranched alkanes of at least 4 members (excludes halogenated alkanes) is 31. The van der Waals surface area contributed by atoms with E-state index in [0.29, 0.717) is 19.3 Å². The molecule has 0 saturated carbocycles. The molecule has 350 valence electrons. The van der Waals surface area contributed by atoms with Crippen molar-refractivity contribution in [3.05, 3.63) is 0 Å². The molecule has 0 aliphatic carbocycles. The summed E-state index contributed by atoms with van der Waals surface area (Å²) in [6, 6.07) is 0. The van der Waals surface area contributed by atoms with Crippen molar-refractivity contribution in [2.45, 2.75) is 298 Å². The van der Waals surface area contributed by atoms with E-state index in [1.807, 2.05) is 0 Å². The van der Waals surface area contributed by atoms with Crippen molar-refractivity contribution in [3.63, 3.8) is 0 Å². The predicted molar refractivity (Wildman–Crippen MR) is 252 cm³/mol. The molecule has 0 N–H and O–H groups in total. The first-order valence-electron chi connectivity index (χ1n) is 26.3. The molecule has 0 aliphatic rings. The van der Waals surface area contributed by atoms with E-state index in [1.165, 1.54) is 180 Å². The summed E-state index contributed by atoms with van der Waals surface area (Å²) in [6.45, 7) is 11.4. The average molecular weight is 835 g/mol. The highest BCUT2D eigenvalue weighted by molar-refractivity contribution is 5.71. The van der Waals surface area contributed by atoms with Crippen LogP contribution in [0.5, 0.6) is 0 Å². The molecular formula is C53H102O6. The zero-order valence-electron chi connectivity index (χ0n) is 40.4. The fourth-order valence-corrected chi connectivity index (χ4v) is 7.96. The topological polar surface area (TPSA) is 78.9 Å². The third kappa shape index (κ3) is 45.8. The van der Waals surface area contributed by atoms with Crippen molar-refractivity contribution in [1.29, 1.82) is 0 Å². The zero-order valence-corrected chi connectivity index (χ0v) is 40.4. The molecule has 0 aromatic rings. The molecule has 0 aliphatic heterocycles.